The molecule has 4 heteroatoms. The van der Waals surface area contributed by atoms with Crippen LogP contribution in [0.2, 0.25) is 0 Å². The van der Waals surface area contributed by atoms with Gasteiger partial charge in [0.1, 0.15) is 0 Å². The van der Waals surface area contributed by atoms with Crippen LogP contribution in [-0.4, -0.2) is 16.0 Å². The lowest BCUT2D eigenvalue weighted by molar-refractivity contribution is 0.0950. The molecule has 138 valence electrons. The molecule has 0 aliphatic carbocycles. The van der Waals surface area contributed by atoms with Gasteiger partial charge < -0.3 is 10.4 Å². The summed E-state index contributed by atoms with van der Waals surface area (Å²) in [6.07, 6.45) is 0. The number of hydrogen-bond donors (Lipinski definition) is 2. The highest BCUT2D eigenvalue weighted by Gasteiger charge is 2.12. The lowest BCUT2D eigenvalue weighted by Gasteiger charge is -2.13. The van der Waals surface area contributed by atoms with Crippen molar-refractivity contribution in [2.24, 2.45) is 0 Å². The van der Waals surface area contributed by atoms with E-state index >= 15 is 0 Å². The zero-order chi connectivity index (χ0) is 19.4. The van der Waals surface area contributed by atoms with Gasteiger partial charge in [0.05, 0.1) is 0 Å². The van der Waals surface area contributed by atoms with E-state index in [-0.39, 0.29) is 24.2 Å². The van der Waals surface area contributed by atoms with Crippen LogP contribution >= 0.6 is 0 Å². The maximum Gasteiger partial charge on any atom is 0.251 e. The van der Waals surface area contributed by atoms with Crippen molar-refractivity contribution in [1.29, 1.82) is 0 Å². The van der Waals surface area contributed by atoms with E-state index in [0.717, 1.165) is 16.8 Å². The summed E-state index contributed by atoms with van der Waals surface area (Å²) in [6.45, 7) is 6.12. The maximum atomic E-state index is 12.4. The molecule has 0 unspecified atom stereocenters. The van der Waals surface area contributed by atoms with Crippen molar-refractivity contribution >= 4 is 5.91 Å². The molecule has 0 aliphatic heterocycles. The zero-order valence-electron chi connectivity index (χ0n) is 15.9. The second-order valence-electron chi connectivity index (χ2n) is 6.82. The summed E-state index contributed by atoms with van der Waals surface area (Å²) < 4.78 is 0. The molecule has 27 heavy (non-hydrogen) atoms. The van der Waals surface area contributed by atoms with Gasteiger partial charge in [-0.05, 0) is 48.7 Å². The van der Waals surface area contributed by atoms with Crippen LogP contribution in [0.4, 0.5) is 0 Å². The number of pyridine rings is 1. The molecule has 0 saturated carbocycles. The van der Waals surface area contributed by atoms with E-state index in [1.54, 1.807) is 0 Å². The number of hydrogen-bond acceptors (Lipinski definition) is 3. The SMILES string of the molecule is Cc1cc(C)c(CNC(=O)c2ccc([C@H](C)c3ccccc3)cc2)c(O)n1. The first-order valence-electron chi connectivity index (χ1n) is 9.05. The van der Waals surface area contributed by atoms with E-state index in [4.69, 9.17) is 0 Å². The quantitative estimate of drug-likeness (QED) is 0.705. The molecule has 0 radical (unpaired) electrons. The minimum Gasteiger partial charge on any atom is -0.493 e. The standard InChI is InChI=1S/C23H24N2O2/c1-15-13-16(2)25-23(27)21(15)14-24-22(26)20-11-9-19(10-12-20)17(3)18-7-5-4-6-8-18/h4-13,17H,14H2,1-3H3,(H,24,26)(H,25,27)/t17-/m1/s1. The highest BCUT2D eigenvalue weighted by molar-refractivity contribution is 5.94. The number of aromatic nitrogens is 1. The Bertz CT molecular complexity index is 911. The van der Waals surface area contributed by atoms with E-state index in [1.807, 2.05) is 62.4 Å². The highest BCUT2D eigenvalue weighted by Crippen LogP contribution is 2.24. The van der Waals surface area contributed by atoms with Crippen molar-refractivity contribution in [3.05, 3.63) is 94.2 Å². The molecule has 2 aromatic carbocycles. The first kappa shape index (κ1) is 18.6. The number of benzene rings is 2. The van der Waals surface area contributed by atoms with Crippen LogP contribution in [-0.2, 0) is 6.54 Å². The van der Waals surface area contributed by atoms with Gasteiger partial charge in [-0.15, -0.1) is 0 Å². The van der Waals surface area contributed by atoms with Crippen LogP contribution in [0, 0.1) is 13.8 Å². The second-order valence-corrected chi connectivity index (χ2v) is 6.82. The first-order valence-corrected chi connectivity index (χ1v) is 9.05. The molecule has 0 fully saturated rings. The molecule has 1 heterocycles. The minimum absolute atomic E-state index is 0.0279. The number of nitrogens with zero attached hydrogens (tertiary/aromatic N) is 1. The van der Waals surface area contributed by atoms with Crippen LogP contribution in [0.15, 0.2) is 60.7 Å². The molecule has 1 amide bonds. The first-order chi connectivity index (χ1) is 13.0. The van der Waals surface area contributed by atoms with Gasteiger partial charge in [0.25, 0.3) is 5.91 Å². The molecular weight excluding hydrogens is 336 g/mol. The molecular formula is C23H24N2O2. The predicted molar refractivity (Wildman–Crippen MR) is 107 cm³/mol. The van der Waals surface area contributed by atoms with Gasteiger partial charge in [0.2, 0.25) is 5.88 Å². The highest BCUT2D eigenvalue weighted by atomic mass is 16.3. The minimum atomic E-state index is -0.173. The van der Waals surface area contributed by atoms with Gasteiger partial charge in [-0.1, -0.05) is 49.4 Å². The Morgan fingerprint density at radius 1 is 1.04 bits per heavy atom. The summed E-state index contributed by atoms with van der Waals surface area (Å²) in [7, 11) is 0. The predicted octanol–water partition coefficient (Wildman–Crippen LogP) is 4.49. The topological polar surface area (TPSA) is 62.2 Å². The van der Waals surface area contributed by atoms with Crippen LogP contribution in [0.1, 0.15) is 51.1 Å². The Balaban J connectivity index is 1.68. The molecule has 1 aromatic heterocycles. The monoisotopic (exact) mass is 360 g/mol. The van der Waals surface area contributed by atoms with Crippen LogP contribution in [0.3, 0.4) is 0 Å². The number of carbonyl (C=O) groups excluding carboxylic acids is 1. The van der Waals surface area contributed by atoms with Gasteiger partial charge in [-0.3, -0.25) is 4.79 Å². The molecule has 4 nitrogen and oxygen atoms in total. The van der Waals surface area contributed by atoms with E-state index in [1.165, 1.54) is 5.56 Å². The summed E-state index contributed by atoms with van der Waals surface area (Å²) >= 11 is 0. The third kappa shape index (κ3) is 4.34. The molecule has 0 aliphatic rings. The third-order valence-electron chi connectivity index (χ3n) is 4.85. The average molecular weight is 360 g/mol. The molecule has 0 bridgehead atoms. The number of carbonyl (C=O) groups is 1. The maximum absolute atomic E-state index is 12.4. The van der Waals surface area contributed by atoms with Gasteiger partial charge in [-0.2, -0.15) is 0 Å². The van der Waals surface area contributed by atoms with Crippen molar-refractivity contribution in [3.8, 4) is 5.88 Å². The van der Waals surface area contributed by atoms with Gasteiger partial charge in [0, 0.05) is 29.3 Å². The summed E-state index contributed by atoms with van der Waals surface area (Å²) in [4.78, 5) is 16.5. The van der Waals surface area contributed by atoms with E-state index in [2.05, 4.69) is 29.4 Å². The summed E-state index contributed by atoms with van der Waals surface area (Å²) in [5.41, 5.74) is 5.30. The molecule has 2 N–H and O–H groups in total. The molecule has 1 atom stereocenters. The lowest BCUT2D eigenvalue weighted by atomic mass is 9.92. The number of amides is 1. The van der Waals surface area contributed by atoms with Crippen molar-refractivity contribution in [2.45, 2.75) is 33.2 Å². The fourth-order valence-corrected chi connectivity index (χ4v) is 3.19. The molecule has 3 aromatic rings. The Hall–Kier alpha value is -3.14. The lowest BCUT2D eigenvalue weighted by Crippen LogP contribution is -2.23. The molecule has 0 spiro atoms. The fraction of sp³-hybridized carbons (Fsp3) is 0.217. The van der Waals surface area contributed by atoms with Crippen molar-refractivity contribution in [3.63, 3.8) is 0 Å². The Morgan fingerprint density at radius 2 is 1.67 bits per heavy atom. The second kappa shape index (κ2) is 8.04. The Labute approximate surface area is 159 Å². The number of rotatable bonds is 5. The number of aryl methyl sites for hydroxylation is 2. The van der Waals surface area contributed by atoms with Crippen molar-refractivity contribution in [2.75, 3.05) is 0 Å². The Morgan fingerprint density at radius 3 is 2.30 bits per heavy atom. The van der Waals surface area contributed by atoms with Crippen LogP contribution < -0.4 is 5.32 Å². The van der Waals surface area contributed by atoms with E-state index < -0.39 is 0 Å². The molecule has 0 saturated heterocycles. The normalized spacial score (nSPS) is 11.8. The van der Waals surface area contributed by atoms with E-state index in [9.17, 15) is 9.90 Å². The van der Waals surface area contributed by atoms with Crippen molar-refractivity contribution < 1.29 is 9.90 Å². The number of aromatic hydroxyl groups is 1. The van der Waals surface area contributed by atoms with Gasteiger partial charge in [0.15, 0.2) is 0 Å². The van der Waals surface area contributed by atoms with Gasteiger partial charge in [-0.25, -0.2) is 4.98 Å². The third-order valence-corrected chi connectivity index (χ3v) is 4.85. The summed E-state index contributed by atoms with van der Waals surface area (Å²) in [6, 6.07) is 19.8. The summed E-state index contributed by atoms with van der Waals surface area (Å²) in [5, 5.41) is 12.9. The van der Waals surface area contributed by atoms with Crippen molar-refractivity contribution in [1.82, 2.24) is 10.3 Å². The van der Waals surface area contributed by atoms with Gasteiger partial charge >= 0.3 is 0 Å². The van der Waals surface area contributed by atoms with E-state index in [0.29, 0.717) is 11.1 Å². The molecule has 3 rings (SSSR count). The van der Waals surface area contributed by atoms with Crippen LogP contribution in [0.5, 0.6) is 5.88 Å². The zero-order valence-corrected chi connectivity index (χ0v) is 15.9. The number of nitrogens with one attached hydrogen (secondary N) is 1. The van der Waals surface area contributed by atoms with Crippen LogP contribution in [0.25, 0.3) is 0 Å². The smallest absolute Gasteiger partial charge is 0.251 e. The average Bonchev–Trinajstić information content (AvgIpc) is 2.67. The largest absolute Gasteiger partial charge is 0.493 e. The Kier molecular flexibility index (Phi) is 5.55. The summed E-state index contributed by atoms with van der Waals surface area (Å²) in [5.74, 6) is 0.0645. The fourth-order valence-electron chi connectivity index (χ4n) is 3.19.